The number of para-hydroxylation sites is 2. The van der Waals surface area contributed by atoms with Crippen LogP contribution in [0.2, 0.25) is 0 Å². The first-order valence-corrected chi connectivity index (χ1v) is 7.84. The van der Waals surface area contributed by atoms with Crippen LogP contribution in [0.25, 0.3) is 11.1 Å². The highest BCUT2D eigenvalue weighted by Crippen LogP contribution is 2.25. The lowest BCUT2D eigenvalue weighted by atomic mass is 10.2. The van der Waals surface area contributed by atoms with Crippen LogP contribution in [0.3, 0.4) is 0 Å². The zero-order chi connectivity index (χ0) is 17.5. The number of carbonyl (C=O) groups excluding carboxylic acids is 1. The molecular formula is C18H19N3O4. The summed E-state index contributed by atoms with van der Waals surface area (Å²) >= 11 is 0. The fourth-order valence-electron chi connectivity index (χ4n) is 2.31. The average Bonchev–Trinajstić information content (AvgIpc) is 3.31. The topological polar surface area (TPSA) is 78.5 Å². The van der Waals surface area contributed by atoms with Crippen molar-refractivity contribution in [3.8, 4) is 22.6 Å². The average molecular weight is 341 g/mol. The number of ether oxygens (including phenoxy) is 2. The molecule has 0 saturated carbocycles. The number of hydrogen-bond acceptors (Lipinski definition) is 5. The summed E-state index contributed by atoms with van der Waals surface area (Å²) in [6, 6.07) is 9.08. The SMILES string of the molecule is COc1ccccc1OCC(=O)NCCn1cc(-c2ccoc2)cn1. The van der Waals surface area contributed by atoms with Crippen LogP contribution in [0, 0.1) is 0 Å². The largest absolute Gasteiger partial charge is 0.493 e. The van der Waals surface area contributed by atoms with Crippen LogP contribution >= 0.6 is 0 Å². The molecule has 0 spiro atoms. The van der Waals surface area contributed by atoms with Crippen LogP contribution in [0.5, 0.6) is 11.5 Å². The van der Waals surface area contributed by atoms with E-state index in [0.29, 0.717) is 24.6 Å². The Morgan fingerprint density at radius 1 is 1.24 bits per heavy atom. The summed E-state index contributed by atoms with van der Waals surface area (Å²) in [5, 5.41) is 7.06. The van der Waals surface area contributed by atoms with Crippen LogP contribution in [0.4, 0.5) is 0 Å². The number of aromatic nitrogens is 2. The number of hydrogen-bond donors (Lipinski definition) is 1. The third-order valence-corrected chi connectivity index (χ3v) is 3.58. The lowest BCUT2D eigenvalue weighted by molar-refractivity contribution is -0.123. The molecule has 1 N–H and O–H groups in total. The van der Waals surface area contributed by atoms with Crippen LogP contribution in [0.15, 0.2) is 59.7 Å². The minimum Gasteiger partial charge on any atom is -0.493 e. The summed E-state index contributed by atoms with van der Waals surface area (Å²) in [5.74, 6) is 0.934. The number of carbonyl (C=O) groups is 1. The normalized spacial score (nSPS) is 10.4. The van der Waals surface area contributed by atoms with Gasteiger partial charge in [0.15, 0.2) is 18.1 Å². The Morgan fingerprint density at radius 3 is 2.84 bits per heavy atom. The van der Waals surface area contributed by atoms with Crippen molar-refractivity contribution >= 4 is 5.91 Å². The molecule has 0 atom stereocenters. The third-order valence-electron chi connectivity index (χ3n) is 3.58. The molecule has 0 unspecified atom stereocenters. The minimum atomic E-state index is -0.201. The molecule has 25 heavy (non-hydrogen) atoms. The van der Waals surface area contributed by atoms with E-state index < -0.39 is 0 Å². The van der Waals surface area contributed by atoms with Crippen molar-refractivity contribution in [1.82, 2.24) is 15.1 Å². The Hall–Kier alpha value is -3.22. The summed E-state index contributed by atoms with van der Waals surface area (Å²) in [6.45, 7) is 0.957. The maximum atomic E-state index is 11.9. The van der Waals surface area contributed by atoms with Gasteiger partial charge in [-0.1, -0.05) is 12.1 Å². The number of benzene rings is 1. The number of nitrogens with zero attached hydrogens (tertiary/aromatic N) is 2. The van der Waals surface area contributed by atoms with E-state index in [2.05, 4.69) is 10.4 Å². The molecule has 2 aromatic heterocycles. The first kappa shape index (κ1) is 16.6. The highest BCUT2D eigenvalue weighted by atomic mass is 16.5. The Bertz CT molecular complexity index is 811. The van der Waals surface area contributed by atoms with Crippen molar-refractivity contribution in [2.75, 3.05) is 20.3 Å². The van der Waals surface area contributed by atoms with E-state index >= 15 is 0 Å². The Labute approximate surface area is 145 Å². The summed E-state index contributed by atoms with van der Waals surface area (Å²) in [4.78, 5) is 11.9. The number of furan rings is 1. The first-order valence-electron chi connectivity index (χ1n) is 7.84. The van der Waals surface area contributed by atoms with Crippen molar-refractivity contribution < 1.29 is 18.7 Å². The molecule has 130 valence electrons. The van der Waals surface area contributed by atoms with E-state index in [9.17, 15) is 4.79 Å². The molecule has 0 bridgehead atoms. The molecule has 0 fully saturated rings. The molecule has 3 rings (SSSR count). The van der Waals surface area contributed by atoms with Gasteiger partial charge in [-0.2, -0.15) is 5.10 Å². The second-order valence-electron chi connectivity index (χ2n) is 5.29. The second kappa shape index (κ2) is 8.05. The molecule has 7 heteroatoms. The first-order chi connectivity index (χ1) is 12.3. The van der Waals surface area contributed by atoms with Crippen molar-refractivity contribution in [3.63, 3.8) is 0 Å². The van der Waals surface area contributed by atoms with Gasteiger partial charge in [0.25, 0.3) is 5.91 Å². The lowest BCUT2D eigenvalue weighted by Gasteiger charge is -2.10. The monoisotopic (exact) mass is 341 g/mol. The van der Waals surface area contributed by atoms with Gasteiger partial charge in [0.05, 0.1) is 32.4 Å². The van der Waals surface area contributed by atoms with Crippen molar-refractivity contribution in [2.45, 2.75) is 6.54 Å². The summed E-state index contributed by atoms with van der Waals surface area (Å²) in [6.07, 6.45) is 6.95. The van der Waals surface area contributed by atoms with Gasteiger partial charge in [-0.05, 0) is 18.2 Å². The number of rotatable bonds is 8. The van der Waals surface area contributed by atoms with Gasteiger partial charge in [-0.3, -0.25) is 9.48 Å². The van der Waals surface area contributed by atoms with Crippen LogP contribution in [-0.4, -0.2) is 35.9 Å². The number of methoxy groups -OCH3 is 1. The van der Waals surface area contributed by atoms with Gasteiger partial charge < -0.3 is 19.2 Å². The van der Waals surface area contributed by atoms with Gasteiger partial charge in [-0.15, -0.1) is 0 Å². The summed E-state index contributed by atoms with van der Waals surface area (Å²) < 4.78 is 17.5. The smallest absolute Gasteiger partial charge is 0.258 e. The van der Waals surface area contributed by atoms with Gasteiger partial charge in [-0.25, -0.2) is 0 Å². The molecule has 0 aliphatic carbocycles. The fraction of sp³-hybridized carbons (Fsp3) is 0.222. The fourth-order valence-corrected chi connectivity index (χ4v) is 2.31. The molecule has 7 nitrogen and oxygen atoms in total. The van der Waals surface area contributed by atoms with Crippen molar-refractivity contribution in [3.05, 3.63) is 55.3 Å². The van der Waals surface area contributed by atoms with E-state index in [1.807, 2.05) is 24.4 Å². The minimum absolute atomic E-state index is 0.0697. The quantitative estimate of drug-likeness (QED) is 0.680. The molecule has 0 saturated heterocycles. The summed E-state index contributed by atoms with van der Waals surface area (Å²) in [5.41, 5.74) is 1.94. The zero-order valence-electron chi connectivity index (χ0n) is 13.8. The number of nitrogens with one attached hydrogen (secondary N) is 1. The standard InChI is InChI=1S/C18H19N3O4/c1-23-16-4-2-3-5-17(16)25-13-18(22)19-7-8-21-11-15(10-20-21)14-6-9-24-12-14/h2-6,9-12H,7-8,13H2,1H3,(H,19,22). The molecule has 1 aromatic carbocycles. The zero-order valence-corrected chi connectivity index (χ0v) is 13.8. The molecule has 0 aliphatic heterocycles. The van der Waals surface area contributed by atoms with E-state index in [4.69, 9.17) is 13.9 Å². The predicted octanol–water partition coefficient (Wildman–Crippen LogP) is 2.35. The Morgan fingerprint density at radius 2 is 2.08 bits per heavy atom. The van der Waals surface area contributed by atoms with Crippen molar-refractivity contribution in [2.24, 2.45) is 0 Å². The van der Waals surface area contributed by atoms with E-state index in [1.54, 1.807) is 42.6 Å². The van der Waals surface area contributed by atoms with E-state index in [-0.39, 0.29) is 12.5 Å². The Balaban J connectivity index is 1.42. The molecular weight excluding hydrogens is 322 g/mol. The molecule has 0 aliphatic rings. The molecule has 2 heterocycles. The van der Waals surface area contributed by atoms with Gasteiger partial charge in [0, 0.05) is 23.9 Å². The van der Waals surface area contributed by atoms with Gasteiger partial charge >= 0.3 is 0 Å². The second-order valence-corrected chi connectivity index (χ2v) is 5.29. The van der Waals surface area contributed by atoms with Crippen LogP contribution < -0.4 is 14.8 Å². The van der Waals surface area contributed by atoms with Crippen LogP contribution in [-0.2, 0) is 11.3 Å². The van der Waals surface area contributed by atoms with Crippen LogP contribution in [0.1, 0.15) is 0 Å². The van der Waals surface area contributed by atoms with E-state index in [1.165, 1.54) is 0 Å². The predicted molar refractivity (Wildman–Crippen MR) is 91.4 cm³/mol. The van der Waals surface area contributed by atoms with Gasteiger partial charge in [0.1, 0.15) is 0 Å². The van der Waals surface area contributed by atoms with Gasteiger partial charge in [0.2, 0.25) is 0 Å². The maximum Gasteiger partial charge on any atom is 0.258 e. The van der Waals surface area contributed by atoms with E-state index in [0.717, 1.165) is 11.1 Å². The van der Waals surface area contributed by atoms with Crippen molar-refractivity contribution in [1.29, 1.82) is 0 Å². The third kappa shape index (κ3) is 4.41. The molecule has 1 amide bonds. The number of amides is 1. The highest BCUT2D eigenvalue weighted by molar-refractivity contribution is 5.77. The Kier molecular flexibility index (Phi) is 5.36. The maximum absolute atomic E-state index is 11.9. The molecule has 0 radical (unpaired) electrons. The highest BCUT2D eigenvalue weighted by Gasteiger charge is 2.07. The lowest BCUT2D eigenvalue weighted by Crippen LogP contribution is -2.31. The molecule has 3 aromatic rings. The summed E-state index contributed by atoms with van der Waals surface area (Å²) in [7, 11) is 1.56.